The predicted molar refractivity (Wildman–Crippen MR) is 88.0 cm³/mol. The third kappa shape index (κ3) is 2.71. The number of hydrogen-bond donors (Lipinski definition) is 2. The zero-order valence-electron chi connectivity index (χ0n) is 11.2. The average molecular weight is 360 g/mol. The van der Waals surface area contributed by atoms with Crippen molar-refractivity contribution < 1.29 is 10.0 Å². The highest BCUT2D eigenvalue weighted by atomic mass is 79.9. The number of nitro benzene ring substituents is 1. The number of aromatic hydroxyl groups is 1. The molecule has 3 aromatic rings. The molecule has 0 aliphatic rings. The van der Waals surface area contributed by atoms with Gasteiger partial charge in [-0.25, -0.2) is 0 Å². The van der Waals surface area contributed by atoms with Crippen LogP contribution in [0.1, 0.15) is 5.56 Å². The minimum atomic E-state index is -0.520. The molecule has 1 aromatic heterocycles. The van der Waals surface area contributed by atoms with Crippen molar-refractivity contribution >= 4 is 44.3 Å². The van der Waals surface area contributed by atoms with Crippen LogP contribution in [0.2, 0.25) is 0 Å². The van der Waals surface area contributed by atoms with Gasteiger partial charge in [-0.2, -0.15) is 0 Å². The highest BCUT2D eigenvalue weighted by molar-refractivity contribution is 9.10. The normalized spacial score (nSPS) is 11.3. The van der Waals surface area contributed by atoms with E-state index < -0.39 is 4.92 Å². The molecule has 6 nitrogen and oxygen atoms in total. The zero-order chi connectivity index (χ0) is 15.7. The van der Waals surface area contributed by atoms with Gasteiger partial charge in [0.15, 0.2) is 0 Å². The van der Waals surface area contributed by atoms with Gasteiger partial charge in [-0.05, 0) is 33.4 Å². The Balaban J connectivity index is 1.99. The molecule has 22 heavy (non-hydrogen) atoms. The lowest BCUT2D eigenvalue weighted by atomic mass is 10.2. The maximum atomic E-state index is 10.9. The summed E-state index contributed by atoms with van der Waals surface area (Å²) in [4.78, 5) is 17.6. The number of nitro groups is 1. The molecule has 0 unspecified atom stereocenters. The Bertz CT molecular complexity index is 902. The van der Waals surface area contributed by atoms with E-state index in [1.54, 1.807) is 0 Å². The van der Waals surface area contributed by atoms with E-state index in [1.807, 2.05) is 30.6 Å². The van der Waals surface area contributed by atoms with E-state index in [2.05, 4.69) is 25.9 Å². The molecule has 0 bridgehead atoms. The lowest BCUT2D eigenvalue weighted by molar-refractivity contribution is -0.385. The number of non-ortho nitro benzene ring substituents is 1. The summed E-state index contributed by atoms with van der Waals surface area (Å²) in [5, 5.41) is 22.9. The summed E-state index contributed by atoms with van der Waals surface area (Å²) in [6.07, 6.45) is 5.14. The van der Waals surface area contributed by atoms with Crippen molar-refractivity contribution in [3.63, 3.8) is 0 Å². The number of aromatic amines is 1. The standard InChI is InChI=1S/C15H10BrN3O3/c16-14-5-13(19(21)22)4-11(15(14)20)8-18-12-2-1-9-6-17-7-10(9)3-12/h1-8,17,20H. The summed E-state index contributed by atoms with van der Waals surface area (Å²) in [7, 11) is 0. The number of phenolic OH excluding ortho intramolecular Hbond substituents is 1. The Kier molecular flexibility index (Phi) is 3.64. The Morgan fingerprint density at radius 2 is 2.00 bits per heavy atom. The average Bonchev–Trinajstić information content (AvgIpc) is 2.95. The summed E-state index contributed by atoms with van der Waals surface area (Å²) in [6.45, 7) is 0. The van der Waals surface area contributed by atoms with Gasteiger partial charge < -0.3 is 10.1 Å². The summed E-state index contributed by atoms with van der Waals surface area (Å²) < 4.78 is 0.254. The third-order valence-corrected chi connectivity index (χ3v) is 3.79. The van der Waals surface area contributed by atoms with Crippen LogP contribution >= 0.6 is 15.9 Å². The Hall–Kier alpha value is -2.67. The minimum absolute atomic E-state index is 0.0860. The Morgan fingerprint density at radius 3 is 2.77 bits per heavy atom. The molecule has 110 valence electrons. The number of aromatic nitrogens is 1. The zero-order valence-corrected chi connectivity index (χ0v) is 12.7. The number of phenols is 1. The lowest BCUT2D eigenvalue weighted by Gasteiger charge is -2.02. The number of halogens is 1. The molecule has 0 spiro atoms. The number of aliphatic imine (C=N–C) groups is 1. The van der Waals surface area contributed by atoms with E-state index in [1.165, 1.54) is 18.3 Å². The van der Waals surface area contributed by atoms with Crippen molar-refractivity contribution in [1.29, 1.82) is 0 Å². The van der Waals surface area contributed by atoms with E-state index in [0.717, 1.165) is 10.8 Å². The smallest absolute Gasteiger partial charge is 0.271 e. The maximum absolute atomic E-state index is 10.9. The van der Waals surface area contributed by atoms with Crippen LogP contribution in [0.5, 0.6) is 5.75 Å². The summed E-state index contributed by atoms with van der Waals surface area (Å²) in [5.41, 5.74) is 0.844. The van der Waals surface area contributed by atoms with Gasteiger partial charge >= 0.3 is 0 Å². The molecule has 1 heterocycles. The van der Waals surface area contributed by atoms with Gasteiger partial charge in [0, 0.05) is 41.7 Å². The van der Waals surface area contributed by atoms with Gasteiger partial charge in [-0.3, -0.25) is 15.1 Å². The number of hydrogen-bond acceptors (Lipinski definition) is 4. The minimum Gasteiger partial charge on any atom is -0.506 e. The van der Waals surface area contributed by atoms with Crippen LogP contribution in [0.15, 0.2) is 52.2 Å². The molecule has 0 saturated carbocycles. The quantitative estimate of drug-likeness (QED) is 0.415. The fourth-order valence-corrected chi connectivity index (χ4v) is 2.54. The second kappa shape index (κ2) is 5.61. The first-order valence-electron chi connectivity index (χ1n) is 6.32. The second-order valence-electron chi connectivity index (χ2n) is 4.65. The Morgan fingerprint density at radius 1 is 1.23 bits per heavy atom. The molecular weight excluding hydrogens is 350 g/mol. The monoisotopic (exact) mass is 359 g/mol. The van der Waals surface area contributed by atoms with Crippen molar-refractivity contribution in [3.05, 3.63) is 62.9 Å². The van der Waals surface area contributed by atoms with Crippen LogP contribution in [0.4, 0.5) is 11.4 Å². The molecule has 2 N–H and O–H groups in total. The van der Waals surface area contributed by atoms with Crippen molar-refractivity contribution in [2.75, 3.05) is 0 Å². The summed E-state index contributed by atoms with van der Waals surface area (Å²) >= 11 is 3.10. The van der Waals surface area contributed by atoms with Gasteiger partial charge in [0.25, 0.3) is 5.69 Å². The largest absolute Gasteiger partial charge is 0.506 e. The molecule has 0 saturated heterocycles. The molecule has 0 atom stereocenters. The molecule has 3 rings (SSSR count). The SMILES string of the molecule is O=[N+]([O-])c1cc(Br)c(O)c(C=Nc2ccc3c[nH]cc3c2)c1. The molecule has 0 fully saturated rings. The molecule has 0 amide bonds. The molecule has 2 aromatic carbocycles. The van der Waals surface area contributed by atoms with Crippen LogP contribution in [0, 0.1) is 10.1 Å². The van der Waals surface area contributed by atoms with Crippen LogP contribution in [0.25, 0.3) is 10.8 Å². The summed E-state index contributed by atoms with van der Waals surface area (Å²) in [5.74, 6) is -0.0860. The van der Waals surface area contributed by atoms with Gasteiger partial charge in [-0.1, -0.05) is 6.07 Å². The maximum Gasteiger partial charge on any atom is 0.271 e. The Labute approximate surface area is 133 Å². The van der Waals surface area contributed by atoms with Gasteiger partial charge in [0.2, 0.25) is 0 Å². The topological polar surface area (TPSA) is 91.5 Å². The number of nitrogens with one attached hydrogen (secondary N) is 1. The first kappa shape index (κ1) is 14.3. The third-order valence-electron chi connectivity index (χ3n) is 3.19. The van der Waals surface area contributed by atoms with Gasteiger partial charge in [0.05, 0.1) is 15.1 Å². The fraction of sp³-hybridized carbons (Fsp3) is 0. The van der Waals surface area contributed by atoms with Gasteiger partial charge in [0.1, 0.15) is 5.75 Å². The van der Waals surface area contributed by atoms with Crippen LogP contribution in [-0.4, -0.2) is 21.2 Å². The van der Waals surface area contributed by atoms with E-state index in [-0.39, 0.29) is 21.5 Å². The number of rotatable bonds is 3. The summed E-state index contributed by atoms with van der Waals surface area (Å²) in [6, 6.07) is 8.15. The molecule has 7 heteroatoms. The first-order valence-corrected chi connectivity index (χ1v) is 7.11. The van der Waals surface area contributed by atoms with Crippen molar-refractivity contribution in [2.45, 2.75) is 0 Å². The second-order valence-corrected chi connectivity index (χ2v) is 5.50. The predicted octanol–water partition coefficient (Wildman–Crippen LogP) is 4.29. The first-order chi connectivity index (χ1) is 10.5. The lowest BCUT2D eigenvalue weighted by Crippen LogP contribution is -1.91. The van der Waals surface area contributed by atoms with E-state index in [9.17, 15) is 15.2 Å². The number of fused-ring (bicyclic) bond motifs is 1. The van der Waals surface area contributed by atoms with E-state index in [0.29, 0.717) is 5.69 Å². The molecule has 0 aliphatic heterocycles. The van der Waals surface area contributed by atoms with Crippen molar-refractivity contribution in [1.82, 2.24) is 4.98 Å². The van der Waals surface area contributed by atoms with E-state index >= 15 is 0 Å². The fourth-order valence-electron chi connectivity index (χ4n) is 2.07. The van der Waals surface area contributed by atoms with Crippen LogP contribution < -0.4 is 0 Å². The highest BCUT2D eigenvalue weighted by Gasteiger charge is 2.13. The van der Waals surface area contributed by atoms with E-state index in [4.69, 9.17) is 0 Å². The molecular formula is C15H10BrN3O3. The number of nitrogens with zero attached hydrogens (tertiary/aromatic N) is 2. The number of benzene rings is 2. The van der Waals surface area contributed by atoms with Gasteiger partial charge in [-0.15, -0.1) is 0 Å². The van der Waals surface area contributed by atoms with Crippen LogP contribution in [-0.2, 0) is 0 Å². The molecule has 0 radical (unpaired) electrons. The van der Waals surface area contributed by atoms with Crippen molar-refractivity contribution in [3.8, 4) is 5.75 Å². The van der Waals surface area contributed by atoms with Crippen LogP contribution in [0.3, 0.4) is 0 Å². The molecule has 0 aliphatic carbocycles. The van der Waals surface area contributed by atoms with Crippen molar-refractivity contribution in [2.24, 2.45) is 4.99 Å². The highest BCUT2D eigenvalue weighted by Crippen LogP contribution is 2.32. The number of H-pyrrole nitrogens is 1.